The molecule has 0 aromatic heterocycles. The summed E-state index contributed by atoms with van der Waals surface area (Å²) in [6.45, 7) is 3.44. The van der Waals surface area contributed by atoms with E-state index in [1.807, 2.05) is 0 Å². The summed E-state index contributed by atoms with van der Waals surface area (Å²) in [7, 11) is -5.33. The van der Waals surface area contributed by atoms with Crippen molar-refractivity contribution in [3.05, 3.63) is 83.4 Å². The fourth-order valence-electron chi connectivity index (χ4n) is 12.2. The quantitative estimate of drug-likeness (QED) is 0.0690. The molecule has 4 saturated heterocycles. The number of fused-ring (bicyclic) bond motifs is 2. The maximum Gasteiger partial charge on any atom is 0.446 e. The number of anilines is 2. The first-order valence-corrected chi connectivity index (χ1v) is 30.8. The lowest BCUT2D eigenvalue weighted by Gasteiger charge is -2.37. The van der Waals surface area contributed by atoms with E-state index in [1.54, 1.807) is 12.1 Å². The van der Waals surface area contributed by atoms with E-state index >= 15 is 0 Å². The van der Waals surface area contributed by atoms with Crippen molar-refractivity contribution in [3.8, 4) is 11.5 Å². The van der Waals surface area contributed by atoms with Crippen LogP contribution in [0.15, 0.2) is 66.7 Å². The van der Waals surface area contributed by atoms with Gasteiger partial charge in [0, 0.05) is 81.5 Å². The molecule has 14 atom stereocenters. The van der Waals surface area contributed by atoms with Crippen LogP contribution in [0.1, 0.15) is 98.7 Å². The number of nitrogens with zero attached hydrogens (tertiary/aromatic N) is 4. The highest BCUT2D eigenvalue weighted by molar-refractivity contribution is 7.81. The van der Waals surface area contributed by atoms with E-state index in [0.717, 1.165) is 48.4 Å². The third-order valence-corrected chi connectivity index (χ3v) is 17.5. The number of rotatable bonds is 14. The molecule has 8 amide bonds. The zero-order chi connectivity index (χ0) is 64.8. The number of phenolic OH excluding ortho intramolecular Hbond substituents is 1. The molecule has 5 unspecified atom stereocenters. The van der Waals surface area contributed by atoms with E-state index in [4.69, 9.17) is 5.73 Å². The molecule has 4 aliphatic heterocycles. The van der Waals surface area contributed by atoms with Gasteiger partial charge < -0.3 is 97.0 Å². The fourth-order valence-corrected chi connectivity index (χ4v) is 12.5. The number of aliphatic hydroxyl groups is 7. The Bertz CT molecular complexity index is 3180. The van der Waals surface area contributed by atoms with Crippen molar-refractivity contribution in [3.63, 3.8) is 0 Å². The molecule has 3 aromatic carbocycles. The minimum atomic E-state index is -5.33. The van der Waals surface area contributed by atoms with E-state index in [2.05, 4.69) is 64.8 Å². The van der Waals surface area contributed by atoms with Gasteiger partial charge in [-0.05, 0) is 85.3 Å². The molecule has 1 saturated carbocycles. The van der Waals surface area contributed by atoms with Gasteiger partial charge in [0.1, 0.15) is 48.5 Å². The molecule has 0 bridgehead atoms. The lowest BCUT2D eigenvalue weighted by atomic mass is 9.84. The summed E-state index contributed by atoms with van der Waals surface area (Å²) in [6.07, 6.45) is -10.3. The number of β-amino-alcohol motifs (C(OH)–C–C–N with tert-alkyl or cyclic N) is 1. The molecule has 3 aromatic rings. The highest BCUT2D eigenvalue weighted by atomic mass is 32.3. The van der Waals surface area contributed by atoms with E-state index in [-0.39, 0.29) is 5.56 Å². The lowest BCUT2D eigenvalue weighted by molar-refractivity contribution is -0.148. The number of piperazine rings is 1. The Balaban J connectivity index is 1.07. The van der Waals surface area contributed by atoms with Crippen LogP contribution in [-0.4, -0.2) is 230 Å². The molecule has 16 N–H and O–H groups in total. The summed E-state index contributed by atoms with van der Waals surface area (Å²) in [5.74, 6) is -12.3. The third kappa shape index (κ3) is 16.4. The highest BCUT2D eigenvalue weighted by Crippen LogP contribution is 2.35. The minimum absolute atomic E-state index is 0.0581. The van der Waals surface area contributed by atoms with Crippen molar-refractivity contribution in [1.82, 2.24) is 36.4 Å². The monoisotopic (exact) mass is 1270 g/mol. The SMILES string of the molecule is C[C@@H](O)C1NC(=O)[C@@H](NC(=O)c2ccc(N3CCN(c4ccc(C5CCCCC5)cc4)CC3)cc2)C[C@@H](O)CNC(=O)C2[C@@H](O)[C@@H](C)CN2C(=O)C([C@H](O)CC(N)=O)NC(=O)C([C@H](O)[C@@H](O)c2ccc(O)c(OS(=O)(=O)O)c2)NC(=O)C2C[C@@H](O)CN2C1=O. The van der Waals surface area contributed by atoms with Crippen LogP contribution >= 0.6 is 0 Å². The van der Waals surface area contributed by atoms with Crippen molar-refractivity contribution in [2.75, 3.05) is 55.6 Å². The van der Waals surface area contributed by atoms with E-state index in [9.17, 15) is 92.2 Å². The average Bonchev–Trinajstić information content (AvgIpc) is 2.60. The summed E-state index contributed by atoms with van der Waals surface area (Å²) in [5, 5.41) is 102. The zero-order valence-corrected chi connectivity index (χ0v) is 49.7. The number of hydrogen-bond acceptors (Lipinski definition) is 21. The van der Waals surface area contributed by atoms with Crippen molar-refractivity contribution in [1.29, 1.82) is 0 Å². The molecule has 5 fully saturated rings. The van der Waals surface area contributed by atoms with Crippen molar-refractivity contribution >= 4 is 69.0 Å². The molecule has 5 aliphatic rings. The van der Waals surface area contributed by atoms with Gasteiger partial charge in [-0.15, -0.1) is 0 Å². The molecular weight excluding hydrogens is 1190 g/mol. The Hall–Kier alpha value is -7.75. The van der Waals surface area contributed by atoms with Crippen LogP contribution in [0.25, 0.3) is 0 Å². The number of amides is 8. The van der Waals surface area contributed by atoms with Gasteiger partial charge in [-0.2, -0.15) is 8.42 Å². The predicted molar refractivity (Wildman–Crippen MR) is 313 cm³/mol. The summed E-state index contributed by atoms with van der Waals surface area (Å²) < 4.78 is 36.8. The number of carbonyl (C=O) groups is 8. The number of nitrogens with one attached hydrogen (secondary N) is 5. The zero-order valence-electron chi connectivity index (χ0n) is 48.9. The van der Waals surface area contributed by atoms with Gasteiger partial charge in [-0.25, -0.2) is 0 Å². The molecule has 486 valence electrons. The number of phenols is 1. The predicted octanol–water partition coefficient (Wildman–Crippen LogP) is -3.74. The number of primary amides is 1. The third-order valence-electron chi connectivity index (χ3n) is 17.1. The Kier molecular flexibility index (Phi) is 21.8. The Morgan fingerprint density at radius 3 is 1.90 bits per heavy atom. The van der Waals surface area contributed by atoms with Crippen molar-refractivity contribution in [2.24, 2.45) is 11.7 Å². The molecule has 89 heavy (non-hydrogen) atoms. The van der Waals surface area contributed by atoms with Crippen LogP contribution in [0.4, 0.5) is 11.4 Å². The number of aliphatic hydroxyl groups excluding tert-OH is 7. The largest absolute Gasteiger partial charge is 0.504 e. The van der Waals surface area contributed by atoms with Gasteiger partial charge in [-0.3, -0.25) is 42.9 Å². The second-order valence-electron chi connectivity index (χ2n) is 23.5. The smallest absolute Gasteiger partial charge is 0.446 e. The molecule has 8 rings (SSSR count). The van der Waals surface area contributed by atoms with Gasteiger partial charge in [0.25, 0.3) is 5.91 Å². The lowest BCUT2D eigenvalue weighted by Crippen LogP contribution is -2.64. The summed E-state index contributed by atoms with van der Waals surface area (Å²) >= 11 is 0. The molecular formula is C58H78N10O20S. The highest BCUT2D eigenvalue weighted by Gasteiger charge is 2.50. The number of nitrogens with two attached hydrogens (primary N) is 1. The van der Waals surface area contributed by atoms with Gasteiger partial charge in [0.15, 0.2) is 11.5 Å². The van der Waals surface area contributed by atoms with Gasteiger partial charge in [-0.1, -0.05) is 44.4 Å². The molecule has 30 nitrogen and oxygen atoms in total. The summed E-state index contributed by atoms with van der Waals surface area (Å²) in [4.78, 5) is 119. The summed E-state index contributed by atoms with van der Waals surface area (Å²) in [5.41, 5.74) is 8.17. The van der Waals surface area contributed by atoms with E-state index in [1.165, 1.54) is 56.7 Å². The maximum absolute atomic E-state index is 14.7. The Labute approximate surface area is 512 Å². The molecule has 0 spiro atoms. The maximum atomic E-state index is 14.7. The van der Waals surface area contributed by atoms with Gasteiger partial charge in [0.2, 0.25) is 41.4 Å². The standard InChI is InChI=1S/C58H78N10O20S/c1-29-27-68-48(49(29)75)56(82)60-26-37(70)23-39(61-52(78)33-10-15-36(16-11-33)66-20-18-65(19-21-66)35-13-8-32(9-14-35)31-6-4-3-5-7-31)53(79)62-45(30(2)69)57(83)67-28-38(71)24-40(67)54(80)64-47(55(81)63-46(58(68)84)42(73)25-44(59)74)51(77)50(76)34-12-17-41(72)43(22-34)88-89(85,86)87/h8-17,22,29-31,37-40,42,45-51,69-73,75-77H,3-7,18-21,23-28H2,1-2H3,(H2,59,74)(H,60,82)(H,61,78)(H,62,79)(H,63,81)(H,64,80)(H,85,86,87)/t29-,30+,37+,38+,39-,40?,42+,45?,46?,47?,48?,49-,50-,51-/m0/s1. The van der Waals surface area contributed by atoms with Crippen LogP contribution in [0.2, 0.25) is 0 Å². The van der Waals surface area contributed by atoms with Crippen LogP contribution in [0.5, 0.6) is 11.5 Å². The first-order chi connectivity index (χ1) is 42.1. The summed E-state index contributed by atoms with van der Waals surface area (Å²) in [6, 6.07) is 5.12. The fraction of sp³-hybridized carbons (Fsp3) is 0.552. The van der Waals surface area contributed by atoms with Crippen LogP contribution in [-0.2, 0) is 44.0 Å². The van der Waals surface area contributed by atoms with E-state index < -0.39 is 199 Å². The Morgan fingerprint density at radius 1 is 0.719 bits per heavy atom. The first-order valence-electron chi connectivity index (χ1n) is 29.4. The van der Waals surface area contributed by atoms with Crippen LogP contribution in [0.3, 0.4) is 0 Å². The molecule has 31 heteroatoms. The van der Waals surface area contributed by atoms with Crippen LogP contribution in [0, 0.1) is 5.92 Å². The van der Waals surface area contributed by atoms with Crippen LogP contribution < -0.4 is 46.3 Å². The first kappa shape index (κ1) is 67.2. The van der Waals surface area contributed by atoms with Gasteiger partial charge in [0.05, 0.1) is 36.9 Å². The Morgan fingerprint density at radius 2 is 1.30 bits per heavy atom. The normalized spacial score (nSPS) is 28.0. The number of hydrogen-bond donors (Lipinski definition) is 15. The minimum Gasteiger partial charge on any atom is -0.504 e. The average molecular weight is 1270 g/mol. The number of aromatic hydroxyl groups is 1. The number of carbonyl (C=O) groups excluding carboxylic acids is 8. The molecule has 0 radical (unpaired) electrons. The second kappa shape index (κ2) is 28.8. The van der Waals surface area contributed by atoms with Gasteiger partial charge >= 0.3 is 10.4 Å². The topological polar surface area (TPSA) is 461 Å². The second-order valence-corrected chi connectivity index (χ2v) is 24.5. The van der Waals surface area contributed by atoms with Crippen molar-refractivity contribution in [2.45, 2.75) is 150 Å². The van der Waals surface area contributed by atoms with E-state index in [0.29, 0.717) is 30.0 Å². The molecule has 1 aliphatic carbocycles. The molecule has 4 heterocycles. The van der Waals surface area contributed by atoms with Crippen molar-refractivity contribution < 1.29 is 96.4 Å². The number of benzene rings is 3.